The maximum Gasteiger partial charge on any atom is 0.151 e. The predicted molar refractivity (Wildman–Crippen MR) is 164 cm³/mol. The summed E-state index contributed by atoms with van der Waals surface area (Å²) < 4.78 is 6.09. The van der Waals surface area contributed by atoms with E-state index in [2.05, 4.69) is 4.98 Å². The number of hydrogen-bond acceptors (Lipinski definition) is 9. The van der Waals surface area contributed by atoms with Gasteiger partial charge in [0.1, 0.15) is 23.8 Å². The fourth-order valence-corrected chi connectivity index (χ4v) is 5.37. The Kier molecular flexibility index (Phi) is 11.0. The first-order valence-corrected chi connectivity index (χ1v) is 13.8. The lowest BCUT2D eigenvalue weighted by Crippen LogP contribution is -2.40. The number of halogens is 2. The number of hydrogen-bond donors (Lipinski definition) is 4. The Morgan fingerprint density at radius 3 is 2.51 bits per heavy atom. The van der Waals surface area contributed by atoms with Crippen molar-refractivity contribution in [2.75, 3.05) is 31.7 Å². The van der Waals surface area contributed by atoms with E-state index in [1.807, 2.05) is 37.8 Å². The van der Waals surface area contributed by atoms with Crippen molar-refractivity contribution in [2.45, 2.75) is 38.8 Å². The number of carbonyl (C=O) groups is 1. The Bertz CT molecular complexity index is 1360. The molecule has 0 radical (unpaired) electrons. The lowest BCUT2D eigenvalue weighted by Gasteiger charge is -2.29. The molecule has 3 aromatic rings. The van der Waals surface area contributed by atoms with Crippen LogP contribution in [0.5, 0.6) is 5.75 Å². The summed E-state index contributed by atoms with van der Waals surface area (Å²) in [5.41, 5.74) is 9.18. The zero-order chi connectivity index (χ0) is 30.3. The average Bonchev–Trinajstić information content (AvgIpc) is 3.36. The normalized spacial score (nSPS) is 17.1. The van der Waals surface area contributed by atoms with Gasteiger partial charge in [0.2, 0.25) is 0 Å². The summed E-state index contributed by atoms with van der Waals surface area (Å²) in [5.74, 6) is 7.58. The Hall–Kier alpha value is -3.34. The van der Waals surface area contributed by atoms with E-state index in [1.54, 1.807) is 41.4 Å². The van der Waals surface area contributed by atoms with Gasteiger partial charge in [0.15, 0.2) is 6.29 Å². The molecule has 0 aliphatic carbocycles. The van der Waals surface area contributed by atoms with E-state index >= 15 is 0 Å². The topological polar surface area (TPSA) is 138 Å². The smallest absolute Gasteiger partial charge is 0.151 e. The number of aromatic nitrogens is 1. The molecular formula is C30H37Cl2N5O4. The molecule has 9 nitrogen and oxygen atoms in total. The van der Waals surface area contributed by atoms with Crippen molar-refractivity contribution in [1.82, 2.24) is 9.99 Å². The number of anilines is 1. The fraction of sp³-hybridized carbons (Fsp3) is 0.333. The number of aldehydes is 1. The van der Waals surface area contributed by atoms with E-state index in [1.165, 1.54) is 6.20 Å². The molecule has 2 heterocycles. The first-order chi connectivity index (χ1) is 19.5. The number of nitrogens with zero attached hydrogens (tertiary/aromatic N) is 3. The standard InChI is InChI=1S/C29H33Cl2N5O3.CH4O/c1-18(2)36(33)25(28(32)27-19(3)5-4-6-23(27)30)16-39-21-8-9-22(24(31)13-21)29(38)11-12-35(17-29)26-10-7-20(15-37)14-34-26;1-2/h4-10,13-15,18,38H,11-12,16-17,32-33H2,1-3H3;2H,1H3/b28-25-;. The molecule has 1 aliphatic heterocycles. The lowest BCUT2D eigenvalue weighted by molar-refractivity contribution is 0.0607. The zero-order valence-corrected chi connectivity index (χ0v) is 25.2. The van der Waals surface area contributed by atoms with Crippen LogP contribution in [-0.2, 0) is 5.60 Å². The minimum Gasteiger partial charge on any atom is -0.487 e. The van der Waals surface area contributed by atoms with Crippen LogP contribution < -0.4 is 21.2 Å². The summed E-state index contributed by atoms with van der Waals surface area (Å²) in [6.45, 7) is 6.84. The molecule has 4 rings (SSSR count). The van der Waals surface area contributed by atoms with Crippen LogP contribution in [-0.4, -0.2) is 59.3 Å². The van der Waals surface area contributed by atoms with Crippen molar-refractivity contribution in [3.8, 4) is 5.75 Å². The third-order valence-corrected chi connectivity index (χ3v) is 7.59. The third kappa shape index (κ3) is 7.30. The quantitative estimate of drug-likeness (QED) is 0.158. The van der Waals surface area contributed by atoms with Gasteiger partial charge in [0.05, 0.1) is 28.0 Å². The van der Waals surface area contributed by atoms with Gasteiger partial charge in [-0.1, -0.05) is 41.4 Å². The molecule has 6 N–H and O–H groups in total. The molecule has 0 bridgehead atoms. The number of rotatable bonds is 9. The van der Waals surface area contributed by atoms with E-state index in [-0.39, 0.29) is 12.6 Å². The second kappa shape index (κ2) is 14.0. The Labute approximate surface area is 250 Å². The largest absolute Gasteiger partial charge is 0.487 e. The minimum atomic E-state index is -1.16. The number of pyridine rings is 1. The zero-order valence-electron chi connectivity index (χ0n) is 23.6. The van der Waals surface area contributed by atoms with E-state index in [9.17, 15) is 9.90 Å². The molecule has 1 saturated heterocycles. The van der Waals surface area contributed by atoms with E-state index in [4.69, 9.17) is 44.6 Å². The summed E-state index contributed by atoms with van der Waals surface area (Å²) in [4.78, 5) is 17.2. The predicted octanol–water partition coefficient (Wildman–Crippen LogP) is 4.51. The number of nitrogens with two attached hydrogens (primary N) is 2. The van der Waals surface area contributed by atoms with Gasteiger partial charge in [-0.3, -0.25) is 4.79 Å². The van der Waals surface area contributed by atoms with E-state index in [0.717, 1.165) is 19.0 Å². The molecule has 1 fully saturated rings. The molecule has 2 aromatic carbocycles. The summed E-state index contributed by atoms with van der Waals surface area (Å²) in [6, 6.07) is 14.2. The molecule has 1 unspecified atom stereocenters. The van der Waals surface area contributed by atoms with Crippen LogP contribution in [0.2, 0.25) is 10.0 Å². The maximum absolute atomic E-state index is 11.5. The first-order valence-electron chi connectivity index (χ1n) is 13.1. The van der Waals surface area contributed by atoms with Crippen LogP contribution in [0.15, 0.2) is 60.4 Å². The molecule has 1 aliphatic rings. The number of β-amino-alcohol motifs (C(OH)–C–C–N with tert-alkyl or cyclic N) is 1. The van der Waals surface area contributed by atoms with Crippen molar-refractivity contribution in [3.63, 3.8) is 0 Å². The molecule has 0 amide bonds. The Morgan fingerprint density at radius 1 is 1.20 bits per heavy atom. The molecule has 11 heteroatoms. The van der Waals surface area contributed by atoms with Crippen LogP contribution in [0.1, 0.15) is 47.3 Å². The molecule has 0 spiro atoms. The van der Waals surface area contributed by atoms with Crippen molar-refractivity contribution in [3.05, 3.63) is 92.7 Å². The van der Waals surface area contributed by atoms with Gasteiger partial charge in [-0.15, -0.1) is 0 Å². The number of aryl methyl sites for hydroxylation is 1. The highest BCUT2D eigenvalue weighted by Gasteiger charge is 2.39. The van der Waals surface area contributed by atoms with Gasteiger partial charge in [-0.05, 0) is 63.1 Å². The van der Waals surface area contributed by atoms with E-state index in [0.29, 0.717) is 69.2 Å². The van der Waals surface area contributed by atoms with Gasteiger partial charge >= 0.3 is 0 Å². The molecule has 0 saturated carbocycles. The van der Waals surface area contributed by atoms with Gasteiger partial charge in [0.25, 0.3) is 0 Å². The van der Waals surface area contributed by atoms with Crippen LogP contribution in [0.4, 0.5) is 5.82 Å². The number of aliphatic hydroxyl groups is 2. The van der Waals surface area contributed by atoms with Gasteiger partial charge in [-0.25, -0.2) is 10.8 Å². The van der Waals surface area contributed by atoms with E-state index < -0.39 is 5.60 Å². The summed E-state index contributed by atoms with van der Waals surface area (Å²) in [7, 11) is 1.00. The number of aliphatic hydroxyl groups excluding tert-OH is 1. The third-order valence-electron chi connectivity index (χ3n) is 6.97. The van der Waals surface area contributed by atoms with Crippen molar-refractivity contribution in [1.29, 1.82) is 0 Å². The second-order valence-electron chi connectivity index (χ2n) is 9.99. The van der Waals surface area contributed by atoms with Crippen LogP contribution in [0, 0.1) is 6.92 Å². The molecule has 1 atom stereocenters. The number of ether oxygens (including phenoxy) is 1. The molecular weight excluding hydrogens is 565 g/mol. The number of benzene rings is 2. The Morgan fingerprint density at radius 2 is 1.93 bits per heavy atom. The highest BCUT2D eigenvalue weighted by Crippen LogP contribution is 2.39. The number of hydrazine groups is 1. The molecule has 1 aromatic heterocycles. The van der Waals surface area contributed by atoms with Crippen molar-refractivity contribution < 1.29 is 19.7 Å². The molecule has 41 heavy (non-hydrogen) atoms. The van der Waals surface area contributed by atoms with Crippen molar-refractivity contribution in [2.24, 2.45) is 11.6 Å². The monoisotopic (exact) mass is 601 g/mol. The second-order valence-corrected chi connectivity index (χ2v) is 10.8. The van der Waals surface area contributed by atoms with Crippen LogP contribution in [0.3, 0.4) is 0 Å². The van der Waals surface area contributed by atoms with Gasteiger partial charge in [0, 0.05) is 42.6 Å². The van der Waals surface area contributed by atoms with Gasteiger partial charge in [-0.2, -0.15) is 0 Å². The highest BCUT2D eigenvalue weighted by atomic mass is 35.5. The minimum absolute atomic E-state index is 0.0420. The fourth-order valence-electron chi connectivity index (χ4n) is 4.70. The van der Waals surface area contributed by atoms with Crippen LogP contribution in [0.25, 0.3) is 5.70 Å². The summed E-state index contributed by atoms with van der Waals surface area (Å²) in [5, 5.41) is 20.9. The number of carbonyl (C=O) groups excluding carboxylic acids is 1. The lowest BCUT2D eigenvalue weighted by atomic mass is 9.93. The van der Waals surface area contributed by atoms with Gasteiger partial charge < -0.3 is 30.6 Å². The van der Waals surface area contributed by atoms with Crippen molar-refractivity contribution >= 4 is 41.0 Å². The SMILES string of the molecule is CO.Cc1cccc(Cl)c1/C(N)=C(\COc1ccc(C2(O)CCN(c3ccc(C=O)cn3)C2)c(Cl)c1)N(N)C(C)C. The summed E-state index contributed by atoms with van der Waals surface area (Å²) in [6.07, 6.45) is 2.74. The molecule has 220 valence electrons. The Balaban J connectivity index is 0.00000226. The highest BCUT2D eigenvalue weighted by molar-refractivity contribution is 6.32. The van der Waals surface area contributed by atoms with Crippen LogP contribution >= 0.6 is 23.2 Å². The first kappa shape index (κ1) is 32.2. The average molecular weight is 603 g/mol. The summed E-state index contributed by atoms with van der Waals surface area (Å²) >= 11 is 13.1. The maximum atomic E-state index is 11.5.